The zero-order valence-electron chi connectivity index (χ0n) is 29.7. The van der Waals surface area contributed by atoms with Gasteiger partial charge in [0.25, 0.3) is 0 Å². The zero-order valence-corrected chi connectivity index (χ0v) is 29.7. The van der Waals surface area contributed by atoms with Gasteiger partial charge in [0.05, 0.1) is 32.0 Å². The van der Waals surface area contributed by atoms with Gasteiger partial charge in [0.1, 0.15) is 24.6 Å². The Morgan fingerprint density at radius 3 is 1.73 bits per heavy atom. The molecule has 3 aromatic rings. The van der Waals surface area contributed by atoms with E-state index in [1.807, 2.05) is 105 Å². The van der Waals surface area contributed by atoms with Gasteiger partial charge in [-0.1, -0.05) is 143 Å². The first-order valence-corrected chi connectivity index (χ1v) is 18.4. The van der Waals surface area contributed by atoms with Crippen molar-refractivity contribution in [3.05, 3.63) is 108 Å². The number of aldehydes is 1. The first-order chi connectivity index (χ1) is 23.9. The van der Waals surface area contributed by atoms with Gasteiger partial charge >= 0.3 is 0 Å². The summed E-state index contributed by atoms with van der Waals surface area (Å²) in [4.78, 5) is 12.2. The van der Waals surface area contributed by atoms with Gasteiger partial charge in [-0.25, -0.2) is 0 Å². The highest BCUT2D eigenvalue weighted by molar-refractivity contribution is 5.50. The van der Waals surface area contributed by atoms with Gasteiger partial charge in [0.2, 0.25) is 5.79 Å². The van der Waals surface area contributed by atoms with Crippen LogP contribution < -0.4 is 0 Å². The zero-order chi connectivity index (χ0) is 34.4. The molecular weight excluding hydrogens is 616 g/mol. The molecule has 3 aromatic carbocycles. The lowest BCUT2D eigenvalue weighted by Gasteiger charge is -2.57. The number of benzene rings is 3. The number of rotatable bonds is 19. The fourth-order valence-electron chi connectivity index (χ4n) is 7.18. The van der Waals surface area contributed by atoms with Crippen molar-refractivity contribution in [1.29, 1.82) is 0 Å². The summed E-state index contributed by atoms with van der Waals surface area (Å²) >= 11 is 0. The smallest absolute Gasteiger partial charge is 0.203 e. The Balaban J connectivity index is 1.46. The van der Waals surface area contributed by atoms with Crippen LogP contribution in [0.15, 0.2) is 91.0 Å². The Labute approximate surface area is 293 Å². The first-order valence-electron chi connectivity index (χ1n) is 18.4. The van der Waals surface area contributed by atoms with Gasteiger partial charge in [-0.15, -0.1) is 0 Å². The van der Waals surface area contributed by atoms with Crippen LogP contribution in [-0.4, -0.2) is 48.4 Å². The van der Waals surface area contributed by atoms with Crippen LogP contribution in [0.3, 0.4) is 0 Å². The minimum atomic E-state index is -1.23. The number of unbranched alkanes of at least 4 members (excludes halogenated alkanes) is 6. The van der Waals surface area contributed by atoms with Gasteiger partial charge in [0, 0.05) is 12.8 Å². The van der Waals surface area contributed by atoms with E-state index >= 15 is 0 Å². The molecule has 2 fully saturated rings. The second-order valence-corrected chi connectivity index (χ2v) is 14.0. The maximum Gasteiger partial charge on any atom is 0.203 e. The molecule has 2 heterocycles. The van der Waals surface area contributed by atoms with E-state index in [0.29, 0.717) is 26.2 Å². The van der Waals surface area contributed by atoms with Crippen molar-refractivity contribution < 1.29 is 33.2 Å². The van der Waals surface area contributed by atoms with E-state index in [1.165, 1.54) is 38.5 Å². The molecule has 0 bridgehead atoms. The monoisotopic (exact) mass is 672 g/mol. The van der Waals surface area contributed by atoms with Crippen molar-refractivity contribution in [3.8, 4) is 0 Å². The maximum absolute atomic E-state index is 12.2. The Hall–Kier alpha value is -2.91. The van der Waals surface area contributed by atoms with Crippen molar-refractivity contribution in [3.63, 3.8) is 0 Å². The average Bonchev–Trinajstić information content (AvgIpc) is 3.10. The van der Waals surface area contributed by atoms with Crippen LogP contribution in [0, 0.1) is 0 Å². The summed E-state index contributed by atoms with van der Waals surface area (Å²) in [6.07, 6.45) is 8.32. The fourth-order valence-corrected chi connectivity index (χ4v) is 7.18. The molecule has 1 spiro atoms. The highest BCUT2D eigenvalue weighted by Crippen LogP contribution is 2.47. The minimum absolute atomic E-state index is 0.115. The lowest BCUT2D eigenvalue weighted by atomic mass is 9.85. The topological polar surface area (TPSA) is 72.5 Å². The SMILES string of the molecule is CCCCCCCCCC1C[C@@]2(O[C@H](CC=O)[C@@H](OCc3ccccc3)[C@H](OCc3ccccc3)[C@@H]2OCc2ccccc2)OC(C)(C)O1. The summed E-state index contributed by atoms with van der Waals surface area (Å²) in [6.45, 7) is 7.14. The summed E-state index contributed by atoms with van der Waals surface area (Å²) in [5, 5.41) is 0. The second kappa shape index (κ2) is 18.9. The highest BCUT2D eigenvalue weighted by atomic mass is 16.8. The number of hydrogen-bond acceptors (Lipinski definition) is 7. The maximum atomic E-state index is 12.2. The molecule has 0 N–H and O–H groups in total. The van der Waals surface area contributed by atoms with E-state index in [-0.39, 0.29) is 12.5 Å². The first kappa shape index (κ1) is 37.3. The van der Waals surface area contributed by atoms with E-state index in [1.54, 1.807) is 0 Å². The normalized spacial score (nSPS) is 26.5. The van der Waals surface area contributed by atoms with Crippen molar-refractivity contribution in [2.45, 2.75) is 147 Å². The van der Waals surface area contributed by atoms with E-state index in [4.69, 9.17) is 28.4 Å². The van der Waals surface area contributed by atoms with E-state index < -0.39 is 36.0 Å². The second-order valence-electron chi connectivity index (χ2n) is 14.0. The molecule has 0 amide bonds. The molecule has 1 unspecified atom stereocenters. The summed E-state index contributed by atoms with van der Waals surface area (Å²) < 4.78 is 40.8. The molecule has 266 valence electrons. The van der Waals surface area contributed by atoms with Crippen molar-refractivity contribution in [2.75, 3.05) is 0 Å². The third-order valence-corrected chi connectivity index (χ3v) is 9.46. The standard InChI is InChI=1S/C42H56O7/c1-4-5-6-7-8-9-19-26-36-29-42(49-41(2,3)47-36)40(46-32-35-24-17-12-18-25-35)39(45-31-34-22-15-11-16-23-34)38(37(48-42)27-28-43)44-30-33-20-13-10-14-21-33/h10-18,20-25,28,36-40H,4-9,19,26-27,29-32H2,1-3H3/t36?,37-,38-,39+,40+,42-/m1/s1. The van der Waals surface area contributed by atoms with Gasteiger partial charge in [-0.2, -0.15) is 0 Å². The Bertz CT molecular complexity index is 1350. The number of ether oxygens (including phenoxy) is 6. The molecule has 7 nitrogen and oxygen atoms in total. The van der Waals surface area contributed by atoms with Crippen molar-refractivity contribution >= 4 is 6.29 Å². The molecule has 0 aromatic heterocycles. The Morgan fingerprint density at radius 2 is 1.18 bits per heavy atom. The highest BCUT2D eigenvalue weighted by Gasteiger charge is 2.62. The van der Waals surface area contributed by atoms with E-state index in [0.717, 1.165) is 35.8 Å². The third kappa shape index (κ3) is 11.0. The summed E-state index contributed by atoms with van der Waals surface area (Å²) in [5.74, 6) is -2.18. The largest absolute Gasteiger partial charge is 0.368 e. The molecule has 2 aliphatic rings. The summed E-state index contributed by atoms with van der Waals surface area (Å²) in [6, 6.07) is 30.2. The van der Waals surface area contributed by atoms with Gasteiger partial charge in [0.15, 0.2) is 5.79 Å². The minimum Gasteiger partial charge on any atom is -0.368 e. The predicted molar refractivity (Wildman–Crippen MR) is 191 cm³/mol. The Kier molecular flexibility index (Phi) is 14.4. The van der Waals surface area contributed by atoms with Gasteiger partial charge in [-0.05, 0) is 37.0 Å². The molecule has 0 radical (unpaired) electrons. The lowest BCUT2D eigenvalue weighted by molar-refractivity contribution is -0.460. The summed E-state index contributed by atoms with van der Waals surface area (Å²) in [5.41, 5.74) is 3.08. The van der Waals surface area contributed by atoms with Crippen LogP contribution in [0.4, 0.5) is 0 Å². The lowest BCUT2D eigenvalue weighted by Crippen LogP contribution is -2.71. The van der Waals surface area contributed by atoms with Crippen LogP contribution in [0.25, 0.3) is 0 Å². The van der Waals surface area contributed by atoms with Gasteiger partial charge < -0.3 is 33.2 Å². The molecule has 0 aliphatic carbocycles. The predicted octanol–water partition coefficient (Wildman–Crippen LogP) is 9.11. The van der Waals surface area contributed by atoms with Crippen molar-refractivity contribution in [2.24, 2.45) is 0 Å². The fraction of sp³-hybridized carbons (Fsp3) is 0.548. The van der Waals surface area contributed by atoms with Crippen LogP contribution in [-0.2, 0) is 53.0 Å². The molecule has 49 heavy (non-hydrogen) atoms. The number of carbonyl (C=O) groups excluding carboxylic acids is 1. The quantitative estimate of drug-likeness (QED) is 0.0929. The molecular formula is C42H56O7. The van der Waals surface area contributed by atoms with Crippen LogP contribution in [0.1, 0.15) is 102 Å². The van der Waals surface area contributed by atoms with Gasteiger partial charge in [-0.3, -0.25) is 0 Å². The third-order valence-electron chi connectivity index (χ3n) is 9.46. The molecule has 7 heteroatoms. The van der Waals surface area contributed by atoms with E-state index in [2.05, 4.69) is 6.92 Å². The van der Waals surface area contributed by atoms with Crippen molar-refractivity contribution in [1.82, 2.24) is 0 Å². The molecule has 5 rings (SSSR count). The molecule has 2 saturated heterocycles. The number of carbonyl (C=O) groups is 1. The molecule has 0 saturated carbocycles. The van der Waals surface area contributed by atoms with E-state index in [9.17, 15) is 4.79 Å². The summed E-state index contributed by atoms with van der Waals surface area (Å²) in [7, 11) is 0. The van der Waals surface area contributed by atoms with Crippen LogP contribution >= 0.6 is 0 Å². The molecule has 2 aliphatic heterocycles. The van der Waals surface area contributed by atoms with Crippen LogP contribution in [0.2, 0.25) is 0 Å². The van der Waals surface area contributed by atoms with Crippen LogP contribution in [0.5, 0.6) is 0 Å². The number of hydrogen-bond donors (Lipinski definition) is 0. The Morgan fingerprint density at radius 1 is 0.673 bits per heavy atom. The average molecular weight is 673 g/mol. The molecule has 6 atom stereocenters.